The quantitative estimate of drug-likeness (QED) is 0.201. The van der Waals surface area contributed by atoms with Gasteiger partial charge < -0.3 is 5.11 Å². The molecule has 23 heavy (non-hydrogen) atoms. The van der Waals surface area contributed by atoms with Crippen molar-refractivity contribution in [3.05, 3.63) is 46.6 Å². The van der Waals surface area contributed by atoms with Gasteiger partial charge >= 0.3 is 5.97 Å². The average molecular weight is 323 g/mol. The number of hydrogen-bond donors (Lipinski definition) is 1. The van der Waals surface area contributed by atoms with Crippen LogP contribution >= 0.6 is 0 Å². The smallest absolute Gasteiger partial charge is 0.303 e. The van der Waals surface area contributed by atoms with Crippen LogP contribution in [0.2, 0.25) is 0 Å². The Hall–Kier alpha value is -1.91. The third-order valence-electron chi connectivity index (χ3n) is 3.28. The summed E-state index contributed by atoms with van der Waals surface area (Å²) in [6, 6.07) is 0. The molecule has 0 heterocycles. The molecule has 0 rings (SSSR count). The Labute approximate surface area is 138 Å². The summed E-state index contributed by atoms with van der Waals surface area (Å²) >= 11 is 0. The highest BCUT2D eigenvalue weighted by Gasteiger charge is 1.95. The van der Waals surface area contributed by atoms with Crippen LogP contribution in [0.5, 0.6) is 0 Å². The van der Waals surface area contributed by atoms with Crippen molar-refractivity contribution in [3.63, 3.8) is 0 Å². The molecule has 0 saturated heterocycles. The summed E-state index contributed by atoms with van der Waals surface area (Å²) in [5.41, 5.74) is 0. The summed E-state index contributed by atoms with van der Waals surface area (Å²) in [6.45, 7) is 0.00249. The lowest BCUT2D eigenvalue weighted by atomic mass is 10.1. The van der Waals surface area contributed by atoms with E-state index in [0.29, 0.717) is 6.42 Å². The molecular formula is C18H29NO4. The summed E-state index contributed by atoms with van der Waals surface area (Å²) in [7, 11) is 0. The van der Waals surface area contributed by atoms with Crippen LogP contribution in [-0.2, 0) is 4.79 Å². The second kappa shape index (κ2) is 16.5. The van der Waals surface area contributed by atoms with Crippen molar-refractivity contribution in [3.8, 4) is 0 Å². The normalized spacial score (nSPS) is 11.8. The fourth-order valence-electron chi connectivity index (χ4n) is 2.03. The number of carboxylic acid groups (broad SMARTS) is 1. The lowest BCUT2D eigenvalue weighted by molar-refractivity contribution is -0.478. The first-order valence-electron chi connectivity index (χ1n) is 8.41. The predicted octanol–water partition coefficient (Wildman–Crippen LogP) is 4.92. The van der Waals surface area contributed by atoms with E-state index in [1.54, 1.807) is 0 Å². The minimum atomic E-state index is -0.701. The van der Waals surface area contributed by atoms with Crippen LogP contribution < -0.4 is 0 Å². The zero-order chi connectivity index (χ0) is 17.2. The largest absolute Gasteiger partial charge is 0.481 e. The van der Waals surface area contributed by atoms with Crippen molar-refractivity contribution < 1.29 is 14.8 Å². The highest BCUT2D eigenvalue weighted by molar-refractivity contribution is 5.66. The van der Waals surface area contributed by atoms with Crippen LogP contribution in [0.4, 0.5) is 0 Å². The maximum atomic E-state index is 10.3. The summed E-state index contributed by atoms with van der Waals surface area (Å²) < 4.78 is 0. The molecule has 0 aliphatic rings. The maximum absolute atomic E-state index is 10.3. The van der Waals surface area contributed by atoms with Gasteiger partial charge in [0, 0.05) is 17.8 Å². The fourth-order valence-corrected chi connectivity index (χ4v) is 2.03. The van der Waals surface area contributed by atoms with E-state index in [1.807, 2.05) is 12.2 Å². The van der Waals surface area contributed by atoms with Gasteiger partial charge in [0.05, 0.1) is 0 Å². The molecule has 5 nitrogen and oxygen atoms in total. The molecule has 5 heteroatoms. The van der Waals surface area contributed by atoms with Gasteiger partial charge in [0.15, 0.2) is 0 Å². The Morgan fingerprint density at radius 3 is 1.96 bits per heavy atom. The predicted molar refractivity (Wildman–Crippen MR) is 93.1 cm³/mol. The maximum Gasteiger partial charge on any atom is 0.303 e. The van der Waals surface area contributed by atoms with E-state index in [0.717, 1.165) is 51.4 Å². The van der Waals surface area contributed by atoms with E-state index in [-0.39, 0.29) is 17.9 Å². The number of carboxylic acids is 1. The third kappa shape index (κ3) is 20.1. The van der Waals surface area contributed by atoms with Gasteiger partial charge in [-0.15, -0.1) is 0 Å². The summed E-state index contributed by atoms with van der Waals surface area (Å²) in [4.78, 5) is 20.1. The number of unbranched alkanes of at least 4 members (excludes halogenated alkanes) is 5. The number of nitro groups is 1. The summed E-state index contributed by atoms with van der Waals surface area (Å²) in [5.74, 6) is -0.701. The van der Waals surface area contributed by atoms with Gasteiger partial charge in [0.2, 0.25) is 6.54 Å². The van der Waals surface area contributed by atoms with Crippen LogP contribution in [0.25, 0.3) is 0 Å². The zero-order valence-electron chi connectivity index (χ0n) is 13.9. The van der Waals surface area contributed by atoms with Gasteiger partial charge in [-0.1, -0.05) is 55.7 Å². The first-order valence-corrected chi connectivity index (χ1v) is 8.41. The highest BCUT2D eigenvalue weighted by Crippen LogP contribution is 2.07. The van der Waals surface area contributed by atoms with Crippen LogP contribution in [0, 0.1) is 10.1 Å². The number of rotatable bonds is 15. The molecular weight excluding hydrogens is 294 g/mol. The standard InChI is InChI=1S/C18H29NO4/c20-18(21)16-14-12-10-8-6-4-2-1-3-5-7-9-11-13-15-17-19(22)23/h1-2,5,7,11,13H,3-4,6,8-10,12,14-17H2,(H,20,21)/b2-1-,7-5-,13-11-. The number of nitrogens with zero attached hydrogens (tertiary/aromatic N) is 1. The number of aliphatic carboxylic acids is 1. The zero-order valence-corrected chi connectivity index (χ0v) is 13.9. The van der Waals surface area contributed by atoms with Crippen LogP contribution in [-0.4, -0.2) is 22.5 Å². The van der Waals surface area contributed by atoms with Gasteiger partial charge in [0.25, 0.3) is 0 Å². The average Bonchev–Trinajstić information content (AvgIpc) is 2.49. The van der Waals surface area contributed by atoms with Gasteiger partial charge in [-0.3, -0.25) is 14.9 Å². The molecule has 0 aliphatic carbocycles. The third-order valence-corrected chi connectivity index (χ3v) is 3.28. The fraction of sp³-hybridized carbons (Fsp3) is 0.611. The lowest BCUT2D eigenvalue weighted by Crippen LogP contribution is -1.97. The van der Waals surface area contributed by atoms with E-state index >= 15 is 0 Å². The molecule has 0 saturated carbocycles. The highest BCUT2D eigenvalue weighted by atomic mass is 16.6. The SMILES string of the molecule is O=C(O)CCCCCCC/C=C\C/C=C\C/C=C\CC[N+](=O)[O-]. The van der Waals surface area contributed by atoms with Gasteiger partial charge in [0.1, 0.15) is 0 Å². The molecule has 0 aromatic heterocycles. The summed E-state index contributed by atoms with van der Waals surface area (Å²) in [5, 5.41) is 18.6. The molecule has 0 fully saturated rings. The van der Waals surface area contributed by atoms with Crippen LogP contribution in [0.15, 0.2) is 36.5 Å². The molecule has 0 amide bonds. The Morgan fingerprint density at radius 1 is 0.826 bits per heavy atom. The molecule has 0 bridgehead atoms. The monoisotopic (exact) mass is 323 g/mol. The Morgan fingerprint density at radius 2 is 1.35 bits per heavy atom. The topological polar surface area (TPSA) is 80.4 Å². The Kier molecular flexibility index (Phi) is 15.1. The first kappa shape index (κ1) is 21.1. The van der Waals surface area contributed by atoms with E-state index in [1.165, 1.54) is 0 Å². The van der Waals surface area contributed by atoms with Gasteiger partial charge in [-0.25, -0.2) is 0 Å². The molecule has 0 aliphatic heterocycles. The van der Waals surface area contributed by atoms with Crippen molar-refractivity contribution in [1.29, 1.82) is 0 Å². The van der Waals surface area contributed by atoms with Gasteiger partial charge in [-0.05, 0) is 32.1 Å². The van der Waals surface area contributed by atoms with Crippen LogP contribution in [0.3, 0.4) is 0 Å². The lowest BCUT2D eigenvalue weighted by Gasteiger charge is -1.98. The van der Waals surface area contributed by atoms with Crippen molar-refractivity contribution >= 4 is 5.97 Å². The Balaban J connectivity index is 3.32. The molecule has 0 aromatic rings. The minimum absolute atomic E-state index is 0.00249. The second-order valence-electron chi connectivity index (χ2n) is 5.43. The molecule has 0 spiro atoms. The molecule has 130 valence electrons. The van der Waals surface area contributed by atoms with E-state index in [9.17, 15) is 14.9 Å². The molecule has 0 aromatic carbocycles. The summed E-state index contributed by atoms with van der Waals surface area (Å²) in [6.07, 6.45) is 21.1. The second-order valence-corrected chi connectivity index (χ2v) is 5.43. The number of hydrogen-bond acceptors (Lipinski definition) is 3. The van der Waals surface area contributed by atoms with Gasteiger partial charge in [-0.2, -0.15) is 0 Å². The molecule has 0 atom stereocenters. The van der Waals surface area contributed by atoms with Crippen LogP contribution in [0.1, 0.15) is 64.2 Å². The molecule has 0 radical (unpaired) electrons. The van der Waals surface area contributed by atoms with E-state index in [2.05, 4.69) is 24.3 Å². The molecule has 1 N–H and O–H groups in total. The van der Waals surface area contributed by atoms with Crippen molar-refractivity contribution in [2.45, 2.75) is 64.2 Å². The van der Waals surface area contributed by atoms with Crippen molar-refractivity contribution in [1.82, 2.24) is 0 Å². The Bertz CT molecular complexity index is 400. The minimum Gasteiger partial charge on any atom is -0.481 e. The van der Waals surface area contributed by atoms with E-state index < -0.39 is 5.97 Å². The number of carbonyl (C=O) groups is 1. The van der Waals surface area contributed by atoms with Crippen molar-refractivity contribution in [2.75, 3.05) is 6.54 Å². The van der Waals surface area contributed by atoms with Crippen molar-refractivity contribution in [2.24, 2.45) is 0 Å². The van der Waals surface area contributed by atoms with E-state index in [4.69, 9.17) is 5.11 Å². The molecule has 0 unspecified atom stereocenters. The first-order chi connectivity index (χ1) is 11.1. The number of allylic oxidation sites excluding steroid dienone is 5.